The summed E-state index contributed by atoms with van der Waals surface area (Å²) in [4.78, 5) is 0. The van der Waals surface area contributed by atoms with Crippen LogP contribution in [0, 0.1) is 5.82 Å². The number of hydrogen-bond acceptors (Lipinski definition) is 1. The molecule has 0 saturated carbocycles. The van der Waals surface area contributed by atoms with Gasteiger partial charge in [-0.05, 0) is 54.0 Å². The quantitative estimate of drug-likeness (QED) is 0.796. The first-order chi connectivity index (χ1) is 9.54. The molecule has 104 valence electrons. The first-order valence-electron chi connectivity index (χ1n) is 6.48. The minimum absolute atomic E-state index is 0.292. The molecular weight excluding hydrogens is 271 g/mol. The average molecular weight is 288 g/mol. The Bertz CT molecular complexity index is 611. The van der Waals surface area contributed by atoms with E-state index in [2.05, 4.69) is 36.6 Å². The van der Waals surface area contributed by atoms with Gasteiger partial charge in [-0.1, -0.05) is 32.0 Å². The summed E-state index contributed by atoms with van der Waals surface area (Å²) in [7, 11) is 0. The maximum atomic E-state index is 13.1. The molecule has 0 aromatic heterocycles. The maximum absolute atomic E-state index is 13.1. The van der Waals surface area contributed by atoms with E-state index in [9.17, 15) is 4.39 Å². The summed E-state index contributed by atoms with van der Waals surface area (Å²) in [6, 6.07) is 14.3. The lowest BCUT2D eigenvalue weighted by molar-refractivity contribution is 0.628. The molecule has 4 heteroatoms. The van der Waals surface area contributed by atoms with E-state index in [1.54, 1.807) is 12.1 Å². The lowest BCUT2D eigenvalue weighted by atomic mass is 10.0. The van der Waals surface area contributed by atoms with Crippen LogP contribution in [0.3, 0.4) is 0 Å². The zero-order valence-electron chi connectivity index (χ0n) is 11.5. The highest BCUT2D eigenvalue weighted by Gasteiger charge is 2.03. The molecule has 0 fully saturated rings. The molecule has 0 aliphatic heterocycles. The van der Waals surface area contributed by atoms with E-state index in [0.29, 0.717) is 16.7 Å². The average Bonchev–Trinajstić information content (AvgIpc) is 2.38. The van der Waals surface area contributed by atoms with E-state index in [0.717, 1.165) is 5.69 Å². The summed E-state index contributed by atoms with van der Waals surface area (Å²) in [6.45, 7) is 4.28. The van der Waals surface area contributed by atoms with Crippen LogP contribution in [0.25, 0.3) is 0 Å². The zero-order valence-corrected chi connectivity index (χ0v) is 12.3. The summed E-state index contributed by atoms with van der Waals surface area (Å²) in [5.74, 6) is 0.168. The molecule has 0 heterocycles. The van der Waals surface area contributed by atoms with Gasteiger partial charge in [-0.15, -0.1) is 0 Å². The van der Waals surface area contributed by atoms with E-state index >= 15 is 0 Å². The molecule has 0 unspecified atom stereocenters. The number of nitrogens with one attached hydrogen (secondary N) is 2. The highest BCUT2D eigenvalue weighted by molar-refractivity contribution is 7.80. The van der Waals surface area contributed by atoms with Crippen molar-refractivity contribution in [1.82, 2.24) is 0 Å². The first-order valence-corrected chi connectivity index (χ1v) is 6.89. The molecule has 0 radical (unpaired) electrons. The van der Waals surface area contributed by atoms with Crippen LogP contribution in [0.15, 0.2) is 48.5 Å². The Balaban J connectivity index is 2.03. The van der Waals surface area contributed by atoms with Crippen molar-refractivity contribution in [3.8, 4) is 0 Å². The van der Waals surface area contributed by atoms with E-state index in [1.165, 1.54) is 17.7 Å². The number of anilines is 2. The predicted octanol–water partition coefficient (Wildman–Crippen LogP) is 4.76. The molecule has 2 N–H and O–H groups in total. The van der Waals surface area contributed by atoms with Gasteiger partial charge in [0, 0.05) is 11.4 Å². The molecule has 0 saturated heterocycles. The fourth-order valence-electron chi connectivity index (χ4n) is 1.84. The zero-order chi connectivity index (χ0) is 14.5. The molecule has 0 aliphatic carbocycles. The van der Waals surface area contributed by atoms with Crippen LogP contribution in [0.4, 0.5) is 15.8 Å². The summed E-state index contributed by atoms with van der Waals surface area (Å²) in [5, 5.41) is 6.50. The predicted molar refractivity (Wildman–Crippen MR) is 86.8 cm³/mol. The molecule has 2 aromatic rings. The fourth-order valence-corrected chi connectivity index (χ4v) is 2.07. The van der Waals surface area contributed by atoms with Gasteiger partial charge in [-0.3, -0.25) is 0 Å². The lowest BCUT2D eigenvalue weighted by Gasteiger charge is -2.12. The molecule has 0 bridgehead atoms. The summed E-state index contributed by atoms with van der Waals surface area (Å²) < 4.78 is 13.1. The summed E-state index contributed by atoms with van der Waals surface area (Å²) in [6.07, 6.45) is 0. The van der Waals surface area contributed by atoms with Crippen molar-refractivity contribution in [2.45, 2.75) is 19.8 Å². The third-order valence-electron chi connectivity index (χ3n) is 2.89. The number of halogens is 1. The van der Waals surface area contributed by atoms with Crippen LogP contribution >= 0.6 is 12.2 Å². The molecule has 2 aromatic carbocycles. The van der Waals surface area contributed by atoms with Gasteiger partial charge in [0.25, 0.3) is 0 Å². The van der Waals surface area contributed by atoms with Crippen LogP contribution in [0.5, 0.6) is 0 Å². The van der Waals surface area contributed by atoms with Gasteiger partial charge >= 0.3 is 0 Å². The van der Waals surface area contributed by atoms with Crippen LogP contribution in [0.2, 0.25) is 0 Å². The van der Waals surface area contributed by atoms with Gasteiger partial charge in [-0.25, -0.2) is 4.39 Å². The molecule has 2 nitrogen and oxygen atoms in total. The molecule has 0 aliphatic rings. The van der Waals surface area contributed by atoms with Crippen molar-refractivity contribution < 1.29 is 4.39 Å². The van der Waals surface area contributed by atoms with Crippen LogP contribution in [-0.2, 0) is 0 Å². The van der Waals surface area contributed by atoms with Crippen LogP contribution in [0.1, 0.15) is 25.3 Å². The monoisotopic (exact) mass is 288 g/mol. The second-order valence-electron chi connectivity index (χ2n) is 4.87. The van der Waals surface area contributed by atoms with E-state index < -0.39 is 0 Å². The van der Waals surface area contributed by atoms with Gasteiger partial charge in [-0.2, -0.15) is 0 Å². The highest BCUT2D eigenvalue weighted by Crippen LogP contribution is 2.19. The van der Waals surface area contributed by atoms with Gasteiger partial charge in [0.1, 0.15) is 5.82 Å². The standard InChI is InChI=1S/C16H17FN2S/c1-11(2)12-5-3-7-14(9-12)18-16(20)19-15-8-4-6-13(17)10-15/h3-11H,1-2H3,(H2,18,19,20). The summed E-state index contributed by atoms with van der Waals surface area (Å²) >= 11 is 5.23. The van der Waals surface area contributed by atoms with Gasteiger partial charge in [0.05, 0.1) is 0 Å². The van der Waals surface area contributed by atoms with Crippen LogP contribution < -0.4 is 10.6 Å². The Morgan fingerprint density at radius 3 is 2.20 bits per heavy atom. The molecule has 0 atom stereocenters. The third kappa shape index (κ3) is 4.03. The Morgan fingerprint density at radius 1 is 1.00 bits per heavy atom. The Labute approximate surface area is 124 Å². The Hall–Kier alpha value is -1.94. The minimum Gasteiger partial charge on any atom is -0.332 e. The second kappa shape index (κ2) is 6.48. The van der Waals surface area contributed by atoms with Crippen molar-refractivity contribution >= 4 is 28.7 Å². The largest absolute Gasteiger partial charge is 0.332 e. The van der Waals surface area contributed by atoms with Crippen molar-refractivity contribution in [2.24, 2.45) is 0 Å². The molecule has 20 heavy (non-hydrogen) atoms. The maximum Gasteiger partial charge on any atom is 0.175 e. The van der Waals surface area contributed by atoms with Gasteiger partial charge in [0.15, 0.2) is 5.11 Å². The van der Waals surface area contributed by atoms with E-state index in [-0.39, 0.29) is 5.82 Å². The van der Waals surface area contributed by atoms with Gasteiger partial charge < -0.3 is 10.6 Å². The van der Waals surface area contributed by atoms with Crippen molar-refractivity contribution in [3.63, 3.8) is 0 Å². The minimum atomic E-state index is -0.292. The smallest absolute Gasteiger partial charge is 0.175 e. The van der Waals surface area contributed by atoms with E-state index in [1.807, 2.05) is 12.1 Å². The highest BCUT2D eigenvalue weighted by atomic mass is 32.1. The number of hydrogen-bond donors (Lipinski definition) is 2. The molecule has 2 rings (SSSR count). The number of rotatable bonds is 3. The Kier molecular flexibility index (Phi) is 4.69. The molecule has 0 spiro atoms. The van der Waals surface area contributed by atoms with Crippen molar-refractivity contribution in [3.05, 3.63) is 59.9 Å². The summed E-state index contributed by atoms with van der Waals surface area (Å²) in [5.41, 5.74) is 2.79. The number of thiocarbonyl (C=S) groups is 1. The normalized spacial score (nSPS) is 10.4. The fraction of sp³-hybridized carbons (Fsp3) is 0.188. The molecular formula is C16H17FN2S. The topological polar surface area (TPSA) is 24.1 Å². The number of benzene rings is 2. The Morgan fingerprint density at radius 2 is 1.60 bits per heavy atom. The second-order valence-corrected chi connectivity index (χ2v) is 5.28. The van der Waals surface area contributed by atoms with Gasteiger partial charge in [0.2, 0.25) is 0 Å². The van der Waals surface area contributed by atoms with Crippen molar-refractivity contribution in [1.29, 1.82) is 0 Å². The molecule has 0 amide bonds. The first kappa shape index (κ1) is 14.5. The van der Waals surface area contributed by atoms with Crippen LogP contribution in [-0.4, -0.2) is 5.11 Å². The third-order valence-corrected chi connectivity index (χ3v) is 3.10. The lowest BCUT2D eigenvalue weighted by Crippen LogP contribution is -2.19. The van der Waals surface area contributed by atoms with E-state index in [4.69, 9.17) is 12.2 Å². The van der Waals surface area contributed by atoms with Crippen molar-refractivity contribution in [2.75, 3.05) is 10.6 Å². The SMILES string of the molecule is CC(C)c1cccc(NC(=S)Nc2cccc(F)c2)c1.